The minimum absolute atomic E-state index is 0.381. The molecular formula is C13H16F3NO. The molecule has 1 aliphatic rings. The van der Waals surface area contributed by atoms with Gasteiger partial charge in [0.25, 0.3) is 0 Å². The average molecular weight is 259 g/mol. The Balaban J connectivity index is 2.24. The van der Waals surface area contributed by atoms with Crippen molar-refractivity contribution >= 4 is 0 Å². The van der Waals surface area contributed by atoms with Gasteiger partial charge in [0.15, 0.2) is 0 Å². The molecule has 1 aromatic rings. The normalized spacial score (nSPS) is 17.7. The summed E-state index contributed by atoms with van der Waals surface area (Å²) in [5.41, 5.74) is 0.211. The largest absolute Gasteiger partial charge is 0.493 e. The molecule has 0 unspecified atom stereocenters. The van der Waals surface area contributed by atoms with E-state index >= 15 is 0 Å². The number of nitrogens with one attached hydrogen (secondary N) is 1. The standard InChI is InChI=1S/C13H16F3NO/c14-13(15,16)11-5-4-10-3-1-6-17-7-2-8-18-12(10)9-11/h4-5,9,17H,1-3,6-8H2. The van der Waals surface area contributed by atoms with Crippen LogP contribution in [0.25, 0.3) is 0 Å². The van der Waals surface area contributed by atoms with Gasteiger partial charge in [0.05, 0.1) is 12.2 Å². The van der Waals surface area contributed by atoms with Crippen LogP contribution in [0, 0.1) is 0 Å². The molecule has 0 fully saturated rings. The van der Waals surface area contributed by atoms with E-state index in [0.717, 1.165) is 50.0 Å². The van der Waals surface area contributed by atoms with Gasteiger partial charge in [0.2, 0.25) is 0 Å². The predicted octanol–water partition coefficient (Wildman–Crippen LogP) is 3.01. The van der Waals surface area contributed by atoms with Crippen molar-refractivity contribution in [2.24, 2.45) is 0 Å². The van der Waals surface area contributed by atoms with Crippen molar-refractivity contribution in [2.45, 2.75) is 25.4 Å². The Morgan fingerprint density at radius 3 is 2.67 bits per heavy atom. The zero-order valence-corrected chi connectivity index (χ0v) is 10.0. The Labute approximate surface area is 104 Å². The maximum Gasteiger partial charge on any atom is 0.416 e. The van der Waals surface area contributed by atoms with Gasteiger partial charge in [-0.3, -0.25) is 0 Å². The van der Waals surface area contributed by atoms with Crippen molar-refractivity contribution in [3.05, 3.63) is 29.3 Å². The second kappa shape index (κ2) is 5.61. The van der Waals surface area contributed by atoms with Crippen molar-refractivity contribution < 1.29 is 17.9 Å². The fraction of sp³-hybridized carbons (Fsp3) is 0.538. The molecule has 0 spiro atoms. The van der Waals surface area contributed by atoms with E-state index in [1.165, 1.54) is 6.07 Å². The van der Waals surface area contributed by atoms with Gasteiger partial charge < -0.3 is 10.1 Å². The molecule has 0 aromatic heterocycles. The molecule has 2 rings (SSSR count). The lowest BCUT2D eigenvalue weighted by molar-refractivity contribution is -0.137. The first-order valence-electron chi connectivity index (χ1n) is 6.11. The van der Waals surface area contributed by atoms with Crippen molar-refractivity contribution in [1.29, 1.82) is 0 Å². The molecule has 0 aliphatic carbocycles. The second-order valence-electron chi connectivity index (χ2n) is 4.38. The van der Waals surface area contributed by atoms with E-state index in [2.05, 4.69) is 5.32 Å². The van der Waals surface area contributed by atoms with Crippen LogP contribution in [0.5, 0.6) is 5.75 Å². The molecule has 1 aliphatic heterocycles. The number of halogens is 3. The summed E-state index contributed by atoms with van der Waals surface area (Å²) >= 11 is 0. The van der Waals surface area contributed by atoms with Crippen LogP contribution in [0.4, 0.5) is 13.2 Å². The van der Waals surface area contributed by atoms with E-state index in [9.17, 15) is 13.2 Å². The number of ether oxygens (including phenoxy) is 1. The van der Waals surface area contributed by atoms with Gasteiger partial charge in [-0.1, -0.05) is 6.07 Å². The number of fused-ring (bicyclic) bond motifs is 1. The van der Waals surface area contributed by atoms with Gasteiger partial charge in [-0.15, -0.1) is 0 Å². The van der Waals surface area contributed by atoms with Gasteiger partial charge in [-0.2, -0.15) is 13.2 Å². The zero-order chi connectivity index (χ0) is 13.0. The van der Waals surface area contributed by atoms with Gasteiger partial charge in [0.1, 0.15) is 5.75 Å². The van der Waals surface area contributed by atoms with Crippen molar-refractivity contribution in [2.75, 3.05) is 19.7 Å². The summed E-state index contributed by atoms with van der Waals surface area (Å²) in [7, 11) is 0. The third kappa shape index (κ3) is 3.38. The van der Waals surface area contributed by atoms with E-state index < -0.39 is 11.7 Å². The van der Waals surface area contributed by atoms with Crippen molar-refractivity contribution in [3.63, 3.8) is 0 Å². The summed E-state index contributed by atoms with van der Waals surface area (Å²) < 4.78 is 43.3. The fourth-order valence-corrected chi connectivity index (χ4v) is 1.98. The first-order chi connectivity index (χ1) is 8.57. The average Bonchev–Trinajstić information content (AvgIpc) is 2.33. The van der Waals surface area contributed by atoms with Gasteiger partial charge in [-0.25, -0.2) is 0 Å². The van der Waals surface area contributed by atoms with E-state index in [1.54, 1.807) is 0 Å². The summed E-state index contributed by atoms with van der Waals surface area (Å²) in [5, 5.41) is 3.26. The molecule has 0 radical (unpaired) electrons. The van der Waals surface area contributed by atoms with E-state index in [-0.39, 0.29) is 0 Å². The number of rotatable bonds is 0. The van der Waals surface area contributed by atoms with Crippen molar-refractivity contribution in [1.82, 2.24) is 5.32 Å². The number of benzene rings is 1. The molecule has 0 saturated carbocycles. The van der Waals surface area contributed by atoms with Gasteiger partial charge in [0, 0.05) is 0 Å². The Morgan fingerprint density at radius 1 is 1.11 bits per heavy atom. The topological polar surface area (TPSA) is 21.3 Å². The van der Waals surface area contributed by atoms with E-state index in [0.29, 0.717) is 12.4 Å². The van der Waals surface area contributed by atoms with Crippen LogP contribution in [0.1, 0.15) is 24.0 Å². The van der Waals surface area contributed by atoms with Crippen LogP contribution in [-0.2, 0) is 12.6 Å². The molecule has 0 amide bonds. The molecule has 18 heavy (non-hydrogen) atoms. The van der Waals surface area contributed by atoms with Crippen molar-refractivity contribution in [3.8, 4) is 5.75 Å². The molecule has 2 nitrogen and oxygen atoms in total. The molecule has 0 saturated heterocycles. The quantitative estimate of drug-likeness (QED) is 0.773. The zero-order valence-electron chi connectivity index (χ0n) is 10.0. The maximum absolute atomic E-state index is 12.6. The Bertz CT molecular complexity index is 404. The Hall–Kier alpha value is -1.23. The van der Waals surface area contributed by atoms with Crippen LogP contribution >= 0.6 is 0 Å². The Morgan fingerprint density at radius 2 is 1.89 bits per heavy atom. The van der Waals surface area contributed by atoms with Gasteiger partial charge in [-0.05, 0) is 50.0 Å². The predicted molar refractivity (Wildman–Crippen MR) is 62.7 cm³/mol. The molecule has 1 heterocycles. The highest BCUT2D eigenvalue weighted by molar-refractivity contribution is 5.39. The summed E-state index contributed by atoms with van der Waals surface area (Å²) in [6.07, 6.45) is -1.87. The molecule has 0 bridgehead atoms. The summed E-state index contributed by atoms with van der Waals surface area (Å²) in [4.78, 5) is 0. The molecule has 1 aromatic carbocycles. The maximum atomic E-state index is 12.6. The van der Waals surface area contributed by atoms with Crippen LogP contribution in [-0.4, -0.2) is 19.7 Å². The lowest BCUT2D eigenvalue weighted by Gasteiger charge is -2.16. The second-order valence-corrected chi connectivity index (χ2v) is 4.38. The summed E-state index contributed by atoms with van der Waals surface area (Å²) in [5.74, 6) is 0.381. The fourth-order valence-electron chi connectivity index (χ4n) is 1.98. The van der Waals surface area contributed by atoms with Crippen LogP contribution in [0.2, 0.25) is 0 Å². The first-order valence-corrected chi connectivity index (χ1v) is 6.11. The number of aryl methyl sites for hydroxylation is 1. The molecule has 100 valence electrons. The van der Waals surface area contributed by atoms with Crippen LogP contribution in [0.3, 0.4) is 0 Å². The minimum Gasteiger partial charge on any atom is -0.493 e. The third-order valence-electron chi connectivity index (χ3n) is 2.95. The molecule has 1 N–H and O–H groups in total. The van der Waals surface area contributed by atoms with E-state index in [4.69, 9.17) is 4.74 Å². The first kappa shape index (κ1) is 13.2. The monoisotopic (exact) mass is 259 g/mol. The minimum atomic E-state index is -4.31. The number of alkyl halides is 3. The van der Waals surface area contributed by atoms with Crippen LogP contribution in [0.15, 0.2) is 18.2 Å². The summed E-state index contributed by atoms with van der Waals surface area (Å²) in [6.45, 7) is 2.18. The highest BCUT2D eigenvalue weighted by Crippen LogP contribution is 2.33. The number of hydrogen-bond acceptors (Lipinski definition) is 2. The van der Waals surface area contributed by atoms with E-state index in [1.807, 2.05) is 0 Å². The Kier molecular flexibility index (Phi) is 4.11. The third-order valence-corrected chi connectivity index (χ3v) is 2.95. The molecule has 0 atom stereocenters. The smallest absolute Gasteiger partial charge is 0.416 e. The lowest BCUT2D eigenvalue weighted by atomic mass is 10.0. The SMILES string of the molecule is FC(F)(F)c1ccc2c(c1)OCCCNCCC2. The molecule has 5 heteroatoms. The van der Waals surface area contributed by atoms with Gasteiger partial charge >= 0.3 is 6.18 Å². The van der Waals surface area contributed by atoms with Crippen LogP contribution < -0.4 is 10.1 Å². The highest BCUT2D eigenvalue weighted by atomic mass is 19.4. The molecular weight excluding hydrogens is 243 g/mol. The lowest BCUT2D eigenvalue weighted by Crippen LogP contribution is -2.20. The highest BCUT2D eigenvalue weighted by Gasteiger charge is 2.31. The summed E-state index contributed by atoms with van der Waals surface area (Å²) in [6, 6.07) is 3.77. The number of hydrogen-bond donors (Lipinski definition) is 1.